The Labute approximate surface area is 74.2 Å². The Bertz CT molecular complexity index is 189. The van der Waals surface area contributed by atoms with Gasteiger partial charge in [0.1, 0.15) is 0 Å². The average molecular weight is 195 g/mol. The average Bonchev–Trinajstić information content (AvgIpc) is 2.04. The van der Waals surface area contributed by atoms with Crippen LogP contribution in [0.5, 0.6) is 0 Å². The van der Waals surface area contributed by atoms with E-state index in [0.717, 1.165) is 6.54 Å². The molecule has 5 heteroatoms. The van der Waals surface area contributed by atoms with Gasteiger partial charge in [-0.2, -0.15) is 0 Å². The number of hydrogen-bond donors (Lipinski definition) is 1. The van der Waals surface area contributed by atoms with Gasteiger partial charge in [-0.15, -0.1) is 0 Å². The number of ether oxygens (including phenoxy) is 1. The van der Waals surface area contributed by atoms with E-state index < -0.39 is 9.84 Å². The Morgan fingerprint density at radius 1 is 1.33 bits per heavy atom. The lowest BCUT2D eigenvalue weighted by molar-refractivity contribution is 0.152. The highest BCUT2D eigenvalue weighted by atomic mass is 32.2. The zero-order valence-corrected chi connectivity index (χ0v) is 8.49. The summed E-state index contributed by atoms with van der Waals surface area (Å²) in [6.45, 7) is 3.27. The molecule has 0 aromatic carbocycles. The van der Waals surface area contributed by atoms with Gasteiger partial charge in [-0.3, -0.25) is 0 Å². The first-order chi connectivity index (χ1) is 5.62. The Morgan fingerprint density at radius 2 is 2.00 bits per heavy atom. The predicted octanol–water partition coefficient (Wildman–Crippen LogP) is -0.343. The van der Waals surface area contributed by atoms with Crippen molar-refractivity contribution in [2.24, 2.45) is 0 Å². The van der Waals surface area contributed by atoms with E-state index in [9.17, 15) is 8.42 Å². The van der Waals surface area contributed by atoms with Crippen LogP contribution >= 0.6 is 0 Å². The van der Waals surface area contributed by atoms with Crippen molar-refractivity contribution >= 4 is 9.84 Å². The fraction of sp³-hybridized carbons (Fsp3) is 1.00. The van der Waals surface area contributed by atoms with Gasteiger partial charge >= 0.3 is 0 Å². The minimum atomic E-state index is -2.85. The third kappa shape index (κ3) is 6.57. The minimum Gasteiger partial charge on any atom is -0.379 e. The third-order valence-corrected chi connectivity index (χ3v) is 3.14. The second-order valence-electron chi connectivity index (χ2n) is 2.45. The van der Waals surface area contributed by atoms with Gasteiger partial charge in [0, 0.05) is 12.3 Å². The molecule has 0 fully saturated rings. The standard InChI is InChI=1S/C7H17NO3S/c1-3-12(9,10)7-6-11-5-4-8-2/h8H,3-7H2,1-2H3. The highest BCUT2D eigenvalue weighted by Crippen LogP contribution is 1.88. The molecular formula is C7H17NO3S. The first-order valence-corrected chi connectivity index (χ1v) is 5.87. The van der Waals surface area contributed by atoms with Crippen LogP contribution in [0.4, 0.5) is 0 Å². The van der Waals surface area contributed by atoms with E-state index in [1.807, 2.05) is 7.05 Å². The third-order valence-electron chi connectivity index (χ3n) is 1.47. The van der Waals surface area contributed by atoms with Crippen molar-refractivity contribution in [2.45, 2.75) is 6.92 Å². The summed E-state index contributed by atoms with van der Waals surface area (Å²) in [4.78, 5) is 0. The van der Waals surface area contributed by atoms with Gasteiger partial charge < -0.3 is 10.1 Å². The lowest BCUT2D eigenvalue weighted by atomic mass is 10.7. The van der Waals surface area contributed by atoms with Crippen LogP contribution in [0.1, 0.15) is 6.92 Å². The summed E-state index contributed by atoms with van der Waals surface area (Å²) in [5, 5.41) is 2.90. The van der Waals surface area contributed by atoms with E-state index >= 15 is 0 Å². The van der Waals surface area contributed by atoms with E-state index in [2.05, 4.69) is 5.32 Å². The zero-order valence-electron chi connectivity index (χ0n) is 7.67. The van der Waals surface area contributed by atoms with Crippen molar-refractivity contribution in [3.63, 3.8) is 0 Å². The molecule has 0 aromatic heterocycles. The molecule has 0 saturated carbocycles. The zero-order chi connectivity index (χ0) is 9.45. The maximum Gasteiger partial charge on any atom is 0.152 e. The highest BCUT2D eigenvalue weighted by Gasteiger charge is 2.05. The first kappa shape index (κ1) is 11.9. The van der Waals surface area contributed by atoms with Gasteiger partial charge in [0.05, 0.1) is 19.0 Å². The molecule has 12 heavy (non-hydrogen) atoms. The lowest BCUT2D eigenvalue weighted by Gasteiger charge is -2.03. The van der Waals surface area contributed by atoms with E-state index in [1.165, 1.54) is 0 Å². The molecule has 0 radical (unpaired) electrons. The molecule has 0 amide bonds. The van der Waals surface area contributed by atoms with Crippen molar-refractivity contribution in [1.82, 2.24) is 5.32 Å². The number of nitrogens with one attached hydrogen (secondary N) is 1. The van der Waals surface area contributed by atoms with Crippen molar-refractivity contribution in [1.29, 1.82) is 0 Å². The predicted molar refractivity (Wildman–Crippen MR) is 49.1 cm³/mol. The quantitative estimate of drug-likeness (QED) is 0.565. The molecule has 0 aliphatic rings. The molecule has 0 aliphatic carbocycles. The Kier molecular flexibility index (Phi) is 6.32. The van der Waals surface area contributed by atoms with Crippen LogP contribution < -0.4 is 5.32 Å². The minimum absolute atomic E-state index is 0.132. The summed E-state index contributed by atoms with van der Waals surface area (Å²) in [6.07, 6.45) is 0. The molecule has 1 N–H and O–H groups in total. The Hall–Kier alpha value is -0.130. The summed E-state index contributed by atoms with van der Waals surface area (Å²) in [6, 6.07) is 0. The summed E-state index contributed by atoms with van der Waals surface area (Å²) < 4.78 is 26.9. The van der Waals surface area contributed by atoms with E-state index in [0.29, 0.717) is 13.2 Å². The second kappa shape index (κ2) is 6.39. The maximum atomic E-state index is 10.9. The van der Waals surface area contributed by atoms with Crippen molar-refractivity contribution in [3.8, 4) is 0 Å². The van der Waals surface area contributed by atoms with Gasteiger partial charge in [-0.1, -0.05) is 6.92 Å². The number of sulfone groups is 1. The number of hydrogen-bond acceptors (Lipinski definition) is 4. The summed E-state index contributed by atoms with van der Waals surface area (Å²) >= 11 is 0. The molecular weight excluding hydrogens is 178 g/mol. The SMILES string of the molecule is CCS(=O)(=O)CCOCCNC. The maximum absolute atomic E-state index is 10.9. The molecule has 0 atom stereocenters. The van der Waals surface area contributed by atoms with Crippen molar-refractivity contribution in [3.05, 3.63) is 0 Å². The van der Waals surface area contributed by atoms with Crippen LogP contribution in [0.3, 0.4) is 0 Å². The summed E-state index contributed by atoms with van der Waals surface area (Å²) in [7, 11) is -1.03. The van der Waals surface area contributed by atoms with Crippen LogP contribution in [-0.4, -0.2) is 46.7 Å². The van der Waals surface area contributed by atoms with Gasteiger partial charge in [-0.05, 0) is 7.05 Å². The fourth-order valence-electron chi connectivity index (χ4n) is 0.607. The molecule has 0 saturated heterocycles. The largest absolute Gasteiger partial charge is 0.379 e. The van der Waals surface area contributed by atoms with Gasteiger partial charge in [-0.25, -0.2) is 8.42 Å². The van der Waals surface area contributed by atoms with Crippen LogP contribution in [-0.2, 0) is 14.6 Å². The monoisotopic (exact) mass is 195 g/mol. The number of likely N-dealkylation sites (N-methyl/N-ethyl adjacent to an activating group) is 1. The highest BCUT2D eigenvalue weighted by molar-refractivity contribution is 7.91. The first-order valence-electron chi connectivity index (χ1n) is 4.05. The van der Waals surface area contributed by atoms with E-state index in [4.69, 9.17) is 4.74 Å². The summed E-state index contributed by atoms with van der Waals surface area (Å²) in [5.74, 6) is 0.329. The molecule has 0 heterocycles. The molecule has 0 unspecified atom stereocenters. The van der Waals surface area contributed by atoms with Crippen LogP contribution in [0.15, 0.2) is 0 Å². The fourth-order valence-corrected chi connectivity index (χ4v) is 1.27. The molecule has 4 nitrogen and oxygen atoms in total. The van der Waals surface area contributed by atoms with Crippen LogP contribution in [0.2, 0.25) is 0 Å². The normalized spacial score (nSPS) is 11.8. The van der Waals surface area contributed by atoms with Gasteiger partial charge in [0.15, 0.2) is 9.84 Å². The molecule has 0 spiro atoms. The van der Waals surface area contributed by atoms with Crippen LogP contribution in [0, 0.1) is 0 Å². The number of rotatable bonds is 7. The summed E-state index contributed by atoms with van der Waals surface area (Å²) in [5.41, 5.74) is 0. The van der Waals surface area contributed by atoms with E-state index in [-0.39, 0.29) is 11.5 Å². The topological polar surface area (TPSA) is 55.4 Å². The Morgan fingerprint density at radius 3 is 2.50 bits per heavy atom. The Balaban J connectivity index is 3.32. The molecule has 0 aromatic rings. The van der Waals surface area contributed by atoms with Crippen molar-refractivity contribution < 1.29 is 13.2 Å². The smallest absolute Gasteiger partial charge is 0.152 e. The van der Waals surface area contributed by atoms with E-state index in [1.54, 1.807) is 6.92 Å². The second-order valence-corrected chi connectivity index (χ2v) is 4.93. The molecule has 74 valence electrons. The molecule has 0 rings (SSSR count). The molecule has 0 bridgehead atoms. The van der Waals surface area contributed by atoms with Gasteiger partial charge in [0.2, 0.25) is 0 Å². The molecule has 0 aliphatic heterocycles. The van der Waals surface area contributed by atoms with Gasteiger partial charge in [0.25, 0.3) is 0 Å². The lowest BCUT2D eigenvalue weighted by Crippen LogP contribution is -2.18. The van der Waals surface area contributed by atoms with Crippen LogP contribution in [0.25, 0.3) is 0 Å². The van der Waals surface area contributed by atoms with Crippen molar-refractivity contribution in [2.75, 3.05) is 38.3 Å².